The zero-order valence-electron chi connectivity index (χ0n) is 18.8. The van der Waals surface area contributed by atoms with Crippen molar-refractivity contribution in [3.63, 3.8) is 0 Å². The Bertz CT molecular complexity index is 1240. The number of hydrogen-bond acceptors (Lipinski definition) is 6. The van der Waals surface area contributed by atoms with Crippen LogP contribution in [0.3, 0.4) is 0 Å². The Balaban J connectivity index is 1.57. The maximum atomic E-state index is 12.9. The summed E-state index contributed by atoms with van der Waals surface area (Å²) in [6.07, 6.45) is 3.21. The Morgan fingerprint density at radius 1 is 1.16 bits per heavy atom. The molecular formula is C24H26N6O2. The van der Waals surface area contributed by atoms with Crippen LogP contribution in [-0.4, -0.2) is 30.8 Å². The van der Waals surface area contributed by atoms with E-state index in [0.717, 1.165) is 11.1 Å². The van der Waals surface area contributed by atoms with Gasteiger partial charge in [-0.05, 0) is 31.5 Å². The summed E-state index contributed by atoms with van der Waals surface area (Å²) in [5.74, 6) is 1.42. The van der Waals surface area contributed by atoms with Gasteiger partial charge in [-0.15, -0.1) is 0 Å². The molecular weight excluding hydrogens is 404 g/mol. The van der Waals surface area contributed by atoms with Crippen molar-refractivity contribution in [3.8, 4) is 17.3 Å². The zero-order chi connectivity index (χ0) is 22.9. The molecule has 0 saturated heterocycles. The fraction of sp³-hybridized carbons (Fsp3) is 0.292. The van der Waals surface area contributed by atoms with Crippen LogP contribution < -0.4 is 5.32 Å². The maximum Gasteiger partial charge on any atom is 0.258 e. The van der Waals surface area contributed by atoms with E-state index < -0.39 is 0 Å². The zero-order valence-corrected chi connectivity index (χ0v) is 18.8. The molecule has 0 aliphatic heterocycles. The fourth-order valence-electron chi connectivity index (χ4n) is 3.28. The van der Waals surface area contributed by atoms with E-state index in [9.17, 15) is 4.79 Å². The van der Waals surface area contributed by atoms with Gasteiger partial charge in [0.2, 0.25) is 0 Å². The lowest BCUT2D eigenvalue weighted by atomic mass is 9.96. The molecule has 0 aliphatic carbocycles. The third-order valence-corrected chi connectivity index (χ3v) is 5.21. The molecule has 4 rings (SSSR count). The number of carbonyl (C=O) groups is 1. The summed E-state index contributed by atoms with van der Waals surface area (Å²) in [5, 5.41) is 11.5. The van der Waals surface area contributed by atoms with Gasteiger partial charge >= 0.3 is 0 Å². The Morgan fingerprint density at radius 2 is 1.91 bits per heavy atom. The molecule has 0 aliphatic rings. The van der Waals surface area contributed by atoms with Gasteiger partial charge in [0.15, 0.2) is 11.6 Å². The van der Waals surface area contributed by atoms with E-state index in [1.54, 1.807) is 23.1 Å². The summed E-state index contributed by atoms with van der Waals surface area (Å²) in [6, 6.07) is 13.3. The number of carbonyl (C=O) groups excluding carboxylic acids is 1. The highest BCUT2D eigenvalue weighted by Gasteiger charge is 2.22. The molecule has 1 atom stereocenters. The van der Waals surface area contributed by atoms with Crippen LogP contribution in [0.2, 0.25) is 0 Å². The average molecular weight is 431 g/mol. The molecule has 3 heterocycles. The number of pyridine rings is 1. The lowest BCUT2D eigenvalue weighted by Gasteiger charge is -2.14. The molecule has 0 fully saturated rings. The third-order valence-electron chi connectivity index (χ3n) is 5.21. The summed E-state index contributed by atoms with van der Waals surface area (Å²) in [7, 11) is 0. The highest BCUT2D eigenvalue weighted by atomic mass is 16.5. The number of hydrogen-bond donors (Lipinski definition) is 1. The molecule has 8 nitrogen and oxygen atoms in total. The van der Waals surface area contributed by atoms with Gasteiger partial charge in [-0.1, -0.05) is 56.3 Å². The first kappa shape index (κ1) is 21.4. The minimum atomic E-state index is -0.213. The smallest absolute Gasteiger partial charge is 0.258 e. The summed E-state index contributed by atoms with van der Waals surface area (Å²) < 4.78 is 7.08. The molecule has 1 unspecified atom stereocenters. The number of benzene rings is 1. The van der Waals surface area contributed by atoms with Crippen LogP contribution in [0.1, 0.15) is 61.2 Å². The molecule has 164 valence electrons. The van der Waals surface area contributed by atoms with Crippen LogP contribution in [0.5, 0.6) is 0 Å². The minimum absolute atomic E-state index is 0.123. The van der Waals surface area contributed by atoms with Crippen LogP contribution in [0.4, 0.5) is 0 Å². The molecule has 1 N–H and O–H groups in total. The molecule has 4 aromatic rings. The normalized spacial score (nSPS) is 12.5. The first-order valence-corrected chi connectivity index (χ1v) is 10.5. The molecule has 0 spiro atoms. The number of rotatable bonds is 5. The predicted molar refractivity (Wildman–Crippen MR) is 120 cm³/mol. The summed E-state index contributed by atoms with van der Waals surface area (Å²) in [6.45, 7) is 9.87. The van der Waals surface area contributed by atoms with Crippen molar-refractivity contribution in [3.05, 3.63) is 77.5 Å². The van der Waals surface area contributed by atoms with Gasteiger partial charge in [-0.2, -0.15) is 10.1 Å². The van der Waals surface area contributed by atoms with Gasteiger partial charge in [-0.3, -0.25) is 4.79 Å². The second kappa shape index (κ2) is 8.37. The van der Waals surface area contributed by atoms with E-state index in [1.165, 1.54) is 0 Å². The molecule has 8 heteroatoms. The van der Waals surface area contributed by atoms with Crippen molar-refractivity contribution in [1.29, 1.82) is 0 Å². The lowest BCUT2D eigenvalue weighted by Crippen LogP contribution is -2.27. The molecule has 0 radical (unpaired) electrons. The second-order valence-electron chi connectivity index (χ2n) is 8.74. The number of nitrogens with zero attached hydrogens (tertiary/aromatic N) is 5. The molecule has 0 bridgehead atoms. The topological polar surface area (TPSA) is 98.7 Å². The van der Waals surface area contributed by atoms with Gasteiger partial charge in [0.05, 0.1) is 23.5 Å². The van der Waals surface area contributed by atoms with Crippen molar-refractivity contribution in [2.24, 2.45) is 0 Å². The SMILES string of the molecule is Cc1c(C(=O)NC(C)c2ccccc2)cnn1-c1cc(-c2nc(C(C)(C)C)no2)ccn1. The van der Waals surface area contributed by atoms with Crippen LogP contribution in [0.25, 0.3) is 17.3 Å². The summed E-state index contributed by atoms with van der Waals surface area (Å²) in [5.41, 5.74) is 2.74. The predicted octanol–water partition coefficient (Wildman–Crippen LogP) is 4.41. The van der Waals surface area contributed by atoms with E-state index >= 15 is 0 Å². The van der Waals surface area contributed by atoms with Crippen molar-refractivity contribution < 1.29 is 9.32 Å². The maximum absolute atomic E-state index is 12.9. The van der Waals surface area contributed by atoms with E-state index in [2.05, 4.69) is 25.5 Å². The fourth-order valence-corrected chi connectivity index (χ4v) is 3.28. The standard InChI is InChI=1S/C24H26N6O2/c1-15(17-9-7-6-8-10-17)27-21(31)19-14-26-30(16(19)2)20-13-18(11-12-25-20)22-28-23(29-32-22)24(3,4)5/h6-15H,1-5H3,(H,27,31). The monoisotopic (exact) mass is 430 g/mol. The average Bonchev–Trinajstić information content (AvgIpc) is 3.42. The highest BCUT2D eigenvalue weighted by Crippen LogP contribution is 2.25. The highest BCUT2D eigenvalue weighted by molar-refractivity contribution is 5.95. The Morgan fingerprint density at radius 3 is 2.59 bits per heavy atom. The number of amides is 1. The minimum Gasteiger partial charge on any atom is -0.345 e. The number of nitrogens with one attached hydrogen (secondary N) is 1. The first-order chi connectivity index (χ1) is 15.2. The summed E-state index contributed by atoms with van der Waals surface area (Å²) in [4.78, 5) is 21.8. The van der Waals surface area contributed by atoms with E-state index in [1.807, 2.05) is 71.0 Å². The van der Waals surface area contributed by atoms with Gasteiger partial charge in [0.1, 0.15) is 0 Å². The lowest BCUT2D eigenvalue weighted by molar-refractivity contribution is 0.0939. The number of aromatic nitrogens is 5. The molecule has 1 aromatic carbocycles. The second-order valence-corrected chi connectivity index (χ2v) is 8.74. The van der Waals surface area contributed by atoms with Crippen LogP contribution in [-0.2, 0) is 5.41 Å². The van der Waals surface area contributed by atoms with Crippen molar-refractivity contribution in [2.75, 3.05) is 0 Å². The Kier molecular flexibility index (Phi) is 5.61. The van der Waals surface area contributed by atoms with Crippen molar-refractivity contribution in [2.45, 2.75) is 46.1 Å². The van der Waals surface area contributed by atoms with Gasteiger partial charge < -0.3 is 9.84 Å². The summed E-state index contributed by atoms with van der Waals surface area (Å²) >= 11 is 0. The van der Waals surface area contributed by atoms with E-state index in [0.29, 0.717) is 28.8 Å². The van der Waals surface area contributed by atoms with Crippen LogP contribution in [0, 0.1) is 6.92 Å². The molecule has 1 amide bonds. The van der Waals surface area contributed by atoms with Crippen LogP contribution in [0.15, 0.2) is 59.4 Å². The first-order valence-electron chi connectivity index (χ1n) is 10.5. The van der Waals surface area contributed by atoms with Gasteiger partial charge in [0, 0.05) is 17.2 Å². The van der Waals surface area contributed by atoms with Crippen molar-refractivity contribution >= 4 is 5.91 Å². The van der Waals surface area contributed by atoms with E-state index in [-0.39, 0.29) is 17.4 Å². The Labute approximate surface area is 186 Å². The van der Waals surface area contributed by atoms with Crippen molar-refractivity contribution in [1.82, 2.24) is 30.2 Å². The molecule has 0 saturated carbocycles. The quantitative estimate of drug-likeness (QED) is 0.503. The van der Waals surface area contributed by atoms with Crippen LogP contribution >= 0.6 is 0 Å². The van der Waals surface area contributed by atoms with E-state index in [4.69, 9.17) is 4.52 Å². The molecule has 32 heavy (non-hydrogen) atoms. The van der Waals surface area contributed by atoms with Gasteiger partial charge in [-0.25, -0.2) is 9.67 Å². The van der Waals surface area contributed by atoms with Gasteiger partial charge in [0.25, 0.3) is 11.8 Å². The molecule has 3 aromatic heterocycles. The largest absolute Gasteiger partial charge is 0.345 e. The third kappa shape index (κ3) is 4.30. The Hall–Kier alpha value is -3.81.